The second-order valence-corrected chi connectivity index (χ2v) is 4.52. The molecular weight excluding hydrogens is 254 g/mol. The second kappa shape index (κ2) is 6.18. The average molecular weight is 273 g/mol. The number of rotatable bonds is 5. The van der Waals surface area contributed by atoms with Gasteiger partial charge in [-0.15, -0.1) is 0 Å². The van der Waals surface area contributed by atoms with E-state index < -0.39 is 0 Å². The molecule has 106 valence electrons. The number of aromatic nitrogens is 3. The van der Waals surface area contributed by atoms with Crippen molar-refractivity contribution in [2.45, 2.75) is 20.4 Å². The molecule has 0 unspecified atom stereocenters. The Labute approximate surface area is 118 Å². The Morgan fingerprint density at radius 1 is 1.45 bits per heavy atom. The molecule has 0 aliphatic heterocycles. The fourth-order valence-electron chi connectivity index (χ4n) is 1.85. The number of nitrogens with zero attached hydrogens (tertiary/aromatic N) is 3. The molecule has 0 atom stereocenters. The Kier molecular flexibility index (Phi) is 4.34. The molecule has 6 nitrogen and oxygen atoms in total. The number of nitrogens with one attached hydrogen (secondary N) is 2. The van der Waals surface area contributed by atoms with Gasteiger partial charge in [0.2, 0.25) is 0 Å². The third kappa shape index (κ3) is 3.14. The molecule has 2 aromatic rings. The molecule has 0 aliphatic carbocycles. The lowest BCUT2D eigenvalue weighted by Gasteiger charge is -2.07. The topological polar surface area (TPSA) is 71.8 Å². The molecule has 0 saturated heterocycles. The van der Waals surface area contributed by atoms with Gasteiger partial charge in [0.25, 0.3) is 5.91 Å². The minimum absolute atomic E-state index is 0.187. The average Bonchev–Trinajstić information content (AvgIpc) is 2.77. The summed E-state index contributed by atoms with van der Waals surface area (Å²) in [6.07, 6.45) is 3.39. The van der Waals surface area contributed by atoms with E-state index in [0.29, 0.717) is 12.2 Å². The van der Waals surface area contributed by atoms with Crippen molar-refractivity contribution >= 4 is 11.6 Å². The number of carbonyl (C=O) groups excluding carboxylic acids is 1. The molecule has 0 bridgehead atoms. The predicted molar refractivity (Wildman–Crippen MR) is 77.5 cm³/mol. The third-order valence-corrected chi connectivity index (χ3v) is 3.15. The summed E-state index contributed by atoms with van der Waals surface area (Å²) in [6, 6.07) is 3.58. The van der Waals surface area contributed by atoms with Gasteiger partial charge in [0.05, 0.1) is 6.20 Å². The summed E-state index contributed by atoms with van der Waals surface area (Å²) in [5.74, 6) is -0.187. The van der Waals surface area contributed by atoms with E-state index in [9.17, 15) is 4.79 Å². The van der Waals surface area contributed by atoms with Crippen molar-refractivity contribution in [1.29, 1.82) is 0 Å². The third-order valence-electron chi connectivity index (χ3n) is 3.15. The molecule has 0 saturated carbocycles. The van der Waals surface area contributed by atoms with E-state index in [1.165, 1.54) is 0 Å². The van der Waals surface area contributed by atoms with E-state index in [4.69, 9.17) is 0 Å². The first-order valence-corrected chi connectivity index (χ1v) is 6.57. The molecule has 0 spiro atoms. The van der Waals surface area contributed by atoms with Crippen LogP contribution in [0, 0.1) is 6.92 Å². The molecule has 0 aliphatic rings. The van der Waals surface area contributed by atoms with Gasteiger partial charge in [0, 0.05) is 43.3 Å². The molecule has 20 heavy (non-hydrogen) atoms. The van der Waals surface area contributed by atoms with E-state index in [0.717, 1.165) is 23.5 Å². The summed E-state index contributed by atoms with van der Waals surface area (Å²) < 4.78 is 1.78. The molecule has 2 aromatic heterocycles. The zero-order valence-electron chi connectivity index (χ0n) is 12.0. The molecule has 0 aromatic carbocycles. The zero-order chi connectivity index (χ0) is 14.5. The van der Waals surface area contributed by atoms with Crippen molar-refractivity contribution in [1.82, 2.24) is 20.1 Å². The first-order chi connectivity index (χ1) is 9.61. The maximum atomic E-state index is 12.1. The van der Waals surface area contributed by atoms with Crippen LogP contribution in [0.15, 0.2) is 24.5 Å². The molecule has 6 heteroatoms. The van der Waals surface area contributed by atoms with Crippen LogP contribution in [0.1, 0.15) is 28.7 Å². The van der Waals surface area contributed by atoms with Crippen LogP contribution in [0.25, 0.3) is 0 Å². The summed E-state index contributed by atoms with van der Waals surface area (Å²) in [5, 5.41) is 10.2. The van der Waals surface area contributed by atoms with E-state index in [2.05, 4.69) is 20.7 Å². The quantitative estimate of drug-likeness (QED) is 0.865. The largest absolute Gasteiger partial charge is 0.385 e. The number of hydrogen-bond donors (Lipinski definition) is 2. The fourth-order valence-corrected chi connectivity index (χ4v) is 1.85. The summed E-state index contributed by atoms with van der Waals surface area (Å²) >= 11 is 0. The van der Waals surface area contributed by atoms with E-state index in [-0.39, 0.29) is 5.91 Å². The van der Waals surface area contributed by atoms with Gasteiger partial charge in [0.1, 0.15) is 5.69 Å². The number of anilines is 1. The first-order valence-electron chi connectivity index (χ1n) is 6.57. The summed E-state index contributed by atoms with van der Waals surface area (Å²) in [4.78, 5) is 16.2. The van der Waals surface area contributed by atoms with Crippen molar-refractivity contribution in [3.63, 3.8) is 0 Å². The number of hydrogen-bond acceptors (Lipinski definition) is 4. The maximum absolute atomic E-state index is 12.1. The lowest BCUT2D eigenvalue weighted by Crippen LogP contribution is -2.24. The molecule has 2 heterocycles. The van der Waals surface area contributed by atoms with Crippen LogP contribution in [0.3, 0.4) is 0 Å². The first kappa shape index (κ1) is 14.0. The van der Waals surface area contributed by atoms with Crippen molar-refractivity contribution < 1.29 is 4.79 Å². The summed E-state index contributed by atoms with van der Waals surface area (Å²) in [6.45, 7) is 5.23. The van der Waals surface area contributed by atoms with Gasteiger partial charge in [0.15, 0.2) is 0 Å². The lowest BCUT2D eigenvalue weighted by atomic mass is 10.2. The molecular formula is C14H19N5O. The Balaban J connectivity index is 2.01. The van der Waals surface area contributed by atoms with Gasteiger partial charge in [-0.05, 0) is 26.0 Å². The van der Waals surface area contributed by atoms with Crippen molar-refractivity contribution in [2.24, 2.45) is 7.05 Å². The Morgan fingerprint density at radius 3 is 2.90 bits per heavy atom. The SMILES string of the molecule is CCNc1ccnc(C(=O)NCc2cnn(C)c2C)c1. The lowest BCUT2D eigenvalue weighted by molar-refractivity contribution is 0.0946. The Morgan fingerprint density at radius 2 is 2.25 bits per heavy atom. The molecule has 0 radical (unpaired) electrons. The van der Waals surface area contributed by atoms with Gasteiger partial charge in [-0.25, -0.2) is 0 Å². The second-order valence-electron chi connectivity index (χ2n) is 4.52. The fraction of sp³-hybridized carbons (Fsp3) is 0.357. The zero-order valence-corrected chi connectivity index (χ0v) is 12.0. The predicted octanol–water partition coefficient (Wildman–Crippen LogP) is 1.49. The number of amides is 1. The standard InChI is InChI=1S/C14H19N5O/c1-4-15-12-5-6-16-13(7-12)14(20)17-8-11-9-18-19(3)10(11)2/h5-7,9H,4,8H2,1-3H3,(H,15,16)(H,17,20). The van der Waals surface area contributed by atoms with Gasteiger partial charge in [-0.1, -0.05) is 0 Å². The van der Waals surface area contributed by atoms with Gasteiger partial charge in [-0.2, -0.15) is 5.10 Å². The molecule has 0 fully saturated rings. The van der Waals surface area contributed by atoms with Crippen LogP contribution in [0.4, 0.5) is 5.69 Å². The van der Waals surface area contributed by atoms with Crippen LogP contribution in [-0.4, -0.2) is 27.2 Å². The highest BCUT2D eigenvalue weighted by Gasteiger charge is 2.09. The van der Waals surface area contributed by atoms with E-state index >= 15 is 0 Å². The summed E-state index contributed by atoms with van der Waals surface area (Å²) in [5.41, 5.74) is 3.35. The minimum Gasteiger partial charge on any atom is -0.385 e. The number of pyridine rings is 1. The normalized spacial score (nSPS) is 10.3. The molecule has 2 N–H and O–H groups in total. The van der Waals surface area contributed by atoms with Gasteiger partial charge in [-0.3, -0.25) is 14.5 Å². The van der Waals surface area contributed by atoms with Crippen LogP contribution in [0.2, 0.25) is 0 Å². The minimum atomic E-state index is -0.187. The van der Waals surface area contributed by atoms with Crippen molar-refractivity contribution in [3.05, 3.63) is 41.5 Å². The van der Waals surface area contributed by atoms with Crippen molar-refractivity contribution in [2.75, 3.05) is 11.9 Å². The van der Waals surface area contributed by atoms with Crippen LogP contribution < -0.4 is 10.6 Å². The number of carbonyl (C=O) groups is 1. The highest BCUT2D eigenvalue weighted by Crippen LogP contribution is 2.09. The smallest absolute Gasteiger partial charge is 0.270 e. The molecule has 2 rings (SSSR count). The van der Waals surface area contributed by atoms with Crippen molar-refractivity contribution in [3.8, 4) is 0 Å². The van der Waals surface area contributed by atoms with E-state index in [1.807, 2.05) is 27.0 Å². The maximum Gasteiger partial charge on any atom is 0.270 e. The highest BCUT2D eigenvalue weighted by molar-refractivity contribution is 5.93. The summed E-state index contributed by atoms with van der Waals surface area (Å²) in [7, 11) is 1.88. The number of aryl methyl sites for hydroxylation is 1. The van der Waals surface area contributed by atoms with Crippen LogP contribution in [-0.2, 0) is 13.6 Å². The molecule has 1 amide bonds. The van der Waals surface area contributed by atoms with Gasteiger partial charge < -0.3 is 10.6 Å². The Hall–Kier alpha value is -2.37. The van der Waals surface area contributed by atoms with Crippen LogP contribution in [0.5, 0.6) is 0 Å². The highest BCUT2D eigenvalue weighted by atomic mass is 16.1. The van der Waals surface area contributed by atoms with E-state index in [1.54, 1.807) is 23.1 Å². The van der Waals surface area contributed by atoms with Crippen LogP contribution >= 0.6 is 0 Å². The Bertz CT molecular complexity index is 605. The van der Waals surface area contributed by atoms with Gasteiger partial charge >= 0.3 is 0 Å². The monoisotopic (exact) mass is 273 g/mol.